The number of aliphatic hydroxyl groups is 1. The van der Waals surface area contributed by atoms with Crippen LogP contribution in [0, 0.1) is 0 Å². The SMILES string of the molecule is CCc1ccccc1C(O)Cc1cc(OC)ccc1Br. The van der Waals surface area contributed by atoms with E-state index < -0.39 is 6.10 Å². The Labute approximate surface area is 128 Å². The van der Waals surface area contributed by atoms with E-state index in [1.165, 1.54) is 5.56 Å². The fourth-order valence-corrected chi connectivity index (χ4v) is 2.74. The Morgan fingerprint density at radius 3 is 2.60 bits per heavy atom. The molecule has 0 fully saturated rings. The summed E-state index contributed by atoms with van der Waals surface area (Å²) in [5, 5.41) is 10.5. The van der Waals surface area contributed by atoms with Crippen LogP contribution in [0.2, 0.25) is 0 Å². The number of rotatable bonds is 5. The molecule has 2 rings (SSSR count). The second-order valence-electron chi connectivity index (χ2n) is 4.73. The molecule has 0 aliphatic carbocycles. The Morgan fingerprint density at radius 1 is 1.15 bits per heavy atom. The molecule has 0 aliphatic heterocycles. The zero-order valence-electron chi connectivity index (χ0n) is 11.8. The van der Waals surface area contributed by atoms with Gasteiger partial charge in [0.2, 0.25) is 0 Å². The maximum atomic E-state index is 10.5. The normalized spacial score (nSPS) is 12.2. The zero-order valence-corrected chi connectivity index (χ0v) is 13.4. The van der Waals surface area contributed by atoms with Gasteiger partial charge in [0, 0.05) is 10.9 Å². The highest BCUT2D eigenvalue weighted by molar-refractivity contribution is 9.10. The van der Waals surface area contributed by atoms with Crippen LogP contribution >= 0.6 is 15.9 Å². The van der Waals surface area contributed by atoms with E-state index in [4.69, 9.17) is 4.74 Å². The molecule has 1 unspecified atom stereocenters. The second kappa shape index (κ2) is 6.91. The summed E-state index contributed by atoms with van der Waals surface area (Å²) in [7, 11) is 1.65. The summed E-state index contributed by atoms with van der Waals surface area (Å²) in [6, 6.07) is 13.9. The molecule has 3 heteroatoms. The van der Waals surface area contributed by atoms with Crippen molar-refractivity contribution in [1.82, 2.24) is 0 Å². The quantitative estimate of drug-likeness (QED) is 0.883. The van der Waals surface area contributed by atoms with Crippen LogP contribution in [0.25, 0.3) is 0 Å². The molecule has 2 aromatic rings. The van der Waals surface area contributed by atoms with Crippen LogP contribution in [0.5, 0.6) is 5.75 Å². The van der Waals surface area contributed by atoms with Crippen molar-refractivity contribution >= 4 is 15.9 Å². The molecule has 20 heavy (non-hydrogen) atoms. The van der Waals surface area contributed by atoms with Crippen LogP contribution < -0.4 is 4.74 Å². The Morgan fingerprint density at radius 2 is 1.90 bits per heavy atom. The molecule has 1 N–H and O–H groups in total. The average Bonchev–Trinajstić information content (AvgIpc) is 2.49. The van der Waals surface area contributed by atoms with E-state index in [2.05, 4.69) is 28.9 Å². The number of aryl methyl sites for hydroxylation is 1. The van der Waals surface area contributed by atoms with Gasteiger partial charge < -0.3 is 9.84 Å². The minimum absolute atomic E-state index is 0.505. The minimum atomic E-state index is -0.505. The molecule has 106 valence electrons. The molecule has 0 saturated carbocycles. The number of aliphatic hydroxyl groups excluding tert-OH is 1. The molecule has 2 nitrogen and oxygen atoms in total. The van der Waals surface area contributed by atoms with E-state index in [0.717, 1.165) is 27.8 Å². The van der Waals surface area contributed by atoms with Gasteiger partial charge in [0.05, 0.1) is 13.2 Å². The van der Waals surface area contributed by atoms with Crippen LogP contribution in [0.3, 0.4) is 0 Å². The molecule has 2 aromatic carbocycles. The topological polar surface area (TPSA) is 29.5 Å². The lowest BCUT2D eigenvalue weighted by atomic mass is 9.96. The molecule has 0 aliphatic rings. The summed E-state index contributed by atoms with van der Waals surface area (Å²) >= 11 is 3.53. The smallest absolute Gasteiger partial charge is 0.119 e. The van der Waals surface area contributed by atoms with Crippen LogP contribution in [0.1, 0.15) is 29.7 Å². The van der Waals surface area contributed by atoms with Crippen molar-refractivity contribution in [2.75, 3.05) is 7.11 Å². The predicted octanol–water partition coefficient (Wildman–Crippen LogP) is 4.30. The van der Waals surface area contributed by atoms with Crippen molar-refractivity contribution in [1.29, 1.82) is 0 Å². The number of ether oxygens (including phenoxy) is 1. The summed E-state index contributed by atoms with van der Waals surface area (Å²) in [4.78, 5) is 0. The minimum Gasteiger partial charge on any atom is -0.497 e. The van der Waals surface area contributed by atoms with Gasteiger partial charge in [-0.05, 0) is 41.3 Å². The van der Waals surface area contributed by atoms with Crippen LogP contribution in [0.15, 0.2) is 46.9 Å². The number of benzene rings is 2. The van der Waals surface area contributed by atoms with Gasteiger partial charge in [-0.2, -0.15) is 0 Å². The Kier molecular flexibility index (Phi) is 5.21. The molecular formula is C17H19BrO2. The molecule has 0 radical (unpaired) electrons. The first-order valence-corrected chi connectivity index (χ1v) is 7.53. The van der Waals surface area contributed by atoms with Gasteiger partial charge in [-0.25, -0.2) is 0 Å². The van der Waals surface area contributed by atoms with E-state index >= 15 is 0 Å². The molecule has 0 bridgehead atoms. The van der Waals surface area contributed by atoms with Gasteiger partial charge in [-0.15, -0.1) is 0 Å². The van der Waals surface area contributed by atoms with Gasteiger partial charge in [0.1, 0.15) is 5.75 Å². The lowest BCUT2D eigenvalue weighted by Crippen LogP contribution is -2.05. The largest absolute Gasteiger partial charge is 0.497 e. The lowest BCUT2D eigenvalue weighted by molar-refractivity contribution is 0.177. The van der Waals surface area contributed by atoms with Crippen molar-refractivity contribution in [3.8, 4) is 5.75 Å². The van der Waals surface area contributed by atoms with Crippen molar-refractivity contribution < 1.29 is 9.84 Å². The van der Waals surface area contributed by atoms with E-state index in [0.29, 0.717) is 6.42 Å². The second-order valence-corrected chi connectivity index (χ2v) is 5.58. The van der Waals surface area contributed by atoms with Gasteiger partial charge >= 0.3 is 0 Å². The summed E-state index contributed by atoms with van der Waals surface area (Å²) in [6.45, 7) is 2.10. The molecular weight excluding hydrogens is 316 g/mol. The molecule has 0 spiro atoms. The van der Waals surface area contributed by atoms with Gasteiger partial charge in [-0.3, -0.25) is 0 Å². The van der Waals surface area contributed by atoms with Crippen LogP contribution in [0.4, 0.5) is 0 Å². The highest BCUT2D eigenvalue weighted by atomic mass is 79.9. The Hall–Kier alpha value is -1.32. The monoisotopic (exact) mass is 334 g/mol. The van der Waals surface area contributed by atoms with E-state index in [-0.39, 0.29) is 0 Å². The maximum absolute atomic E-state index is 10.5. The fourth-order valence-electron chi connectivity index (χ4n) is 2.33. The number of hydrogen-bond acceptors (Lipinski definition) is 2. The van der Waals surface area contributed by atoms with Crippen LogP contribution in [-0.2, 0) is 12.8 Å². The third-order valence-corrected chi connectivity index (χ3v) is 4.23. The Bertz CT molecular complexity index is 581. The number of hydrogen-bond donors (Lipinski definition) is 1. The first-order valence-electron chi connectivity index (χ1n) is 6.74. The molecule has 0 saturated heterocycles. The van der Waals surface area contributed by atoms with Crippen molar-refractivity contribution in [2.45, 2.75) is 25.9 Å². The first kappa shape index (κ1) is 15.1. The van der Waals surface area contributed by atoms with E-state index in [1.807, 2.05) is 36.4 Å². The van der Waals surface area contributed by atoms with Crippen LogP contribution in [-0.4, -0.2) is 12.2 Å². The predicted molar refractivity (Wildman–Crippen MR) is 85.2 cm³/mol. The summed E-state index contributed by atoms with van der Waals surface area (Å²) in [5.74, 6) is 0.805. The van der Waals surface area contributed by atoms with Crippen molar-refractivity contribution in [3.63, 3.8) is 0 Å². The highest BCUT2D eigenvalue weighted by Gasteiger charge is 2.14. The van der Waals surface area contributed by atoms with Crippen molar-refractivity contribution in [2.24, 2.45) is 0 Å². The van der Waals surface area contributed by atoms with E-state index in [9.17, 15) is 5.11 Å². The Balaban J connectivity index is 2.25. The molecule has 1 atom stereocenters. The molecule has 0 amide bonds. The molecule has 0 heterocycles. The van der Waals surface area contributed by atoms with Crippen molar-refractivity contribution in [3.05, 3.63) is 63.6 Å². The lowest BCUT2D eigenvalue weighted by Gasteiger charge is -2.16. The van der Waals surface area contributed by atoms with Gasteiger partial charge in [-0.1, -0.05) is 47.1 Å². The fraction of sp³-hybridized carbons (Fsp3) is 0.294. The van der Waals surface area contributed by atoms with Gasteiger partial charge in [0.25, 0.3) is 0 Å². The summed E-state index contributed by atoms with van der Waals surface area (Å²) in [6.07, 6.45) is 0.982. The number of methoxy groups -OCH3 is 1. The standard InChI is InChI=1S/C17H19BrO2/c1-3-12-6-4-5-7-15(12)17(19)11-13-10-14(20-2)8-9-16(13)18/h4-10,17,19H,3,11H2,1-2H3. The summed E-state index contributed by atoms with van der Waals surface area (Å²) in [5.41, 5.74) is 3.24. The highest BCUT2D eigenvalue weighted by Crippen LogP contribution is 2.28. The maximum Gasteiger partial charge on any atom is 0.119 e. The average molecular weight is 335 g/mol. The third kappa shape index (κ3) is 3.41. The number of halogens is 1. The molecule has 0 aromatic heterocycles. The first-order chi connectivity index (χ1) is 9.65. The zero-order chi connectivity index (χ0) is 14.5. The third-order valence-electron chi connectivity index (χ3n) is 3.46. The van der Waals surface area contributed by atoms with Gasteiger partial charge in [0.15, 0.2) is 0 Å². The summed E-state index contributed by atoms with van der Waals surface area (Å²) < 4.78 is 6.23. The van der Waals surface area contributed by atoms with E-state index in [1.54, 1.807) is 7.11 Å².